The van der Waals surface area contributed by atoms with Crippen molar-refractivity contribution in [3.63, 3.8) is 0 Å². The summed E-state index contributed by atoms with van der Waals surface area (Å²) in [6.45, 7) is 5.04. The van der Waals surface area contributed by atoms with Crippen LogP contribution >= 0.6 is 0 Å². The molecule has 0 amide bonds. The van der Waals surface area contributed by atoms with E-state index in [2.05, 4.69) is 12.2 Å². The van der Waals surface area contributed by atoms with Gasteiger partial charge in [-0.3, -0.25) is 10.1 Å². The molecular weight excluding hydrogens is 228 g/mol. The summed E-state index contributed by atoms with van der Waals surface area (Å²) in [6.07, 6.45) is 6.14. The molecule has 0 aliphatic carbocycles. The number of aryl methyl sites for hydroxylation is 1. The summed E-state index contributed by atoms with van der Waals surface area (Å²) in [5, 5.41) is 14.0. The monoisotopic (exact) mass is 250 g/mol. The maximum absolute atomic E-state index is 10.7. The summed E-state index contributed by atoms with van der Waals surface area (Å²) in [7, 11) is 0. The van der Waals surface area contributed by atoms with E-state index in [1.807, 2.05) is 6.92 Å². The number of nitro benzene ring substituents is 1. The van der Waals surface area contributed by atoms with Crippen LogP contribution in [0.5, 0.6) is 0 Å². The molecule has 0 saturated carbocycles. The van der Waals surface area contributed by atoms with Gasteiger partial charge in [-0.2, -0.15) is 0 Å². The van der Waals surface area contributed by atoms with E-state index < -0.39 is 0 Å². The number of hydrogen-bond acceptors (Lipinski definition) is 3. The first-order valence-electron chi connectivity index (χ1n) is 6.64. The molecule has 0 unspecified atom stereocenters. The third-order valence-corrected chi connectivity index (χ3v) is 3.03. The lowest BCUT2D eigenvalue weighted by molar-refractivity contribution is -0.384. The van der Waals surface area contributed by atoms with E-state index in [0.717, 1.165) is 24.2 Å². The topological polar surface area (TPSA) is 55.2 Å². The van der Waals surface area contributed by atoms with E-state index in [4.69, 9.17) is 0 Å². The summed E-state index contributed by atoms with van der Waals surface area (Å²) >= 11 is 0. The Hall–Kier alpha value is -1.58. The lowest BCUT2D eigenvalue weighted by Crippen LogP contribution is -2.03. The molecule has 1 aromatic rings. The van der Waals surface area contributed by atoms with Crippen LogP contribution in [0.1, 0.15) is 44.6 Å². The second-order valence-electron chi connectivity index (χ2n) is 4.60. The Morgan fingerprint density at radius 1 is 1.22 bits per heavy atom. The van der Waals surface area contributed by atoms with Gasteiger partial charge in [-0.15, -0.1) is 0 Å². The average molecular weight is 250 g/mol. The van der Waals surface area contributed by atoms with Crippen molar-refractivity contribution in [1.29, 1.82) is 0 Å². The molecular formula is C14H22N2O2. The van der Waals surface area contributed by atoms with Gasteiger partial charge in [0.1, 0.15) is 0 Å². The van der Waals surface area contributed by atoms with Gasteiger partial charge in [0.2, 0.25) is 0 Å². The molecule has 0 aliphatic rings. The number of unbranched alkanes of at least 4 members (excludes halogenated alkanes) is 4. The smallest absolute Gasteiger partial charge is 0.271 e. The van der Waals surface area contributed by atoms with Crippen LogP contribution in [0, 0.1) is 17.0 Å². The number of rotatable bonds is 8. The van der Waals surface area contributed by atoms with Crippen molar-refractivity contribution in [2.75, 3.05) is 11.9 Å². The highest BCUT2D eigenvalue weighted by molar-refractivity contribution is 5.56. The normalized spacial score (nSPS) is 10.3. The summed E-state index contributed by atoms with van der Waals surface area (Å²) in [5.41, 5.74) is 2.07. The average Bonchev–Trinajstić information content (AvgIpc) is 2.35. The Labute approximate surface area is 109 Å². The zero-order valence-electron chi connectivity index (χ0n) is 11.2. The molecule has 1 rings (SSSR count). The van der Waals surface area contributed by atoms with Crippen molar-refractivity contribution in [3.05, 3.63) is 33.9 Å². The van der Waals surface area contributed by atoms with Crippen LogP contribution in [0.25, 0.3) is 0 Å². The van der Waals surface area contributed by atoms with Gasteiger partial charge in [0.05, 0.1) is 4.92 Å². The van der Waals surface area contributed by atoms with Gasteiger partial charge in [0.15, 0.2) is 0 Å². The zero-order chi connectivity index (χ0) is 13.4. The second-order valence-corrected chi connectivity index (χ2v) is 4.60. The second kappa shape index (κ2) is 7.69. The van der Waals surface area contributed by atoms with Gasteiger partial charge < -0.3 is 5.32 Å². The van der Waals surface area contributed by atoms with Crippen LogP contribution in [0.2, 0.25) is 0 Å². The minimum Gasteiger partial charge on any atom is -0.385 e. The van der Waals surface area contributed by atoms with Crippen LogP contribution in [0.3, 0.4) is 0 Å². The van der Waals surface area contributed by atoms with Crippen molar-refractivity contribution in [2.24, 2.45) is 0 Å². The number of nitro groups is 1. The minimum atomic E-state index is -0.355. The molecule has 100 valence electrons. The molecule has 0 spiro atoms. The highest BCUT2D eigenvalue weighted by Gasteiger charge is 2.07. The van der Waals surface area contributed by atoms with Crippen LogP contribution < -0.4 is 5.32 Å². The fraction of sp³-hybridized carbons (Fsp3) is 0.571. The van der Waals surface area contributed by atoms with Crippen LogP contribution in [-0.4, -0.2) is 11.5 Å². The highest BCUT2D eigenvalue weighted by atomic mass is 16.6. The van der Waals surface area contributed by atoms with E-state index in [0.29, 0.717) is 0 Å². The number of benzene rings is 1. The Kier molecular flexibility index (Phi) is 6.19. The van der Waals surface area contributed by atoms with Crippen LogP contribution in [0.15, 0.2) is 18.2 Å². The summed E-state index contributed by atoms with van der Waals surface area (Å²) < 4.78 is 0. The Balaban J connectivity index is 2.41. The number of nitrogens with one attached hydrogen (secondary N) is 1. The van der Waals surface area contributed by atoms with Gasteiger partial charge in [-0.05, 0) is 18.9 Å². The van der Waals surface area contributed by atoms with Crippen LogP contribution in [-0.2, 0) is 0 Å². The molecule has 0 aliphatic heterocycles. The first kappa shape index (κ1) is 14.5. The molecule has 18 heavy (non-hydrogen) atoms. The first-order chi connectivity index (χ1) is 8.65. The largest absolute Gasteiger partial charge is 0.385 e. The molecule has 0 bridgehead atoms. The molecule has 4 nitrogen and oxygen atoms in total. The highest BCUT2D eigenvalue weighted by Crippen LogP contribution is 2.21. The number of hydrogen-bond donors (Lipinski definition) is 1. The van der Waals surface area contributed by atoms with Crippen molar-refractivity contribution in [2.45, 2.75) is 46.0 Å². The fourth-order valence-electron chi connectivity index (χ4n) is 1.87. The van der Waals surface area contributed by atoms with Gasteiger partial charge in [-0.25, -0.2) is 0 Å². The summed E-state index contributed by atoms with van der Waals surface area (Å²) in [4.78, 5) is 10.3. The van der Waals surface area contributed by atoms with Gasteiger partial charge in [-0.1, -0.05) is 38.7 Å². The van der Waals surface area contributed by atoms with Crippen molar-refractivity contribution < 1.29 is 4.92 Å². The predicted molar refractivity (Wildman–Crippen MR) is 75.1 cm³/mol. The minimum absolute atomic E-state index is 0.147. The molecule has 1 aromatic carbocycles. The molecule has 0 saturated heterocycles. The van der Waals surface area contributed by atoms with Crippen molar-refractivity contribution >= 4 is 11.4 Å². The van der Waals surface area contributed by atoms with E-state index in [1.54, 1.807) is 18.2 Å². The Morgan fingerprint density at radius 3 is 2.61 bits per heavy atom. The number of non-ortho nitro benzene ring substituents is 1. The maximum Gasteiger partial charge on any atom is 0.271 e. The van der Waals surface area contributed by atoms with Crippen LogP contribution in [0.4, 0.5) is 11.4 Å². The standard InChI is InChI=1S/C14H22N2O2/c1-3-4-5-6-7-10-15-14-11-13(16(17)18)9-8-12(14)2/h8-9,11,15H,3-7,10H2,1-2H3. The molecule has 0 fully saturated rings. The van der Waals surface area contributed by atoms with E-state index >= 15 is 0 Å². The Morgan fingerprint density at radius 2 is 1.94 bits per heavy atom. The lowest BCUT2D eigenvalue weighted by atomic mass is 10.1. The molecule has 1 N–H and O–H groups in total. The molecule has 0 atom stereocenters. The third-order valence-electron chi connectivity index (χ3n) is 3.03. The van der Waals surface area contributed by atoms with E-state index in [1.165, 1.54) is 25.7 Å². The van der Waals surface area contributed by atoms with E-state index in [9.17, 15) is 10.1 Å². The Bertz CT molecular complexity index is 391. The fourth-order valence-corrected chi connectivity index (χ4v) is 1.87. The predicted octanol–water partition coefficient (Wildman–Crippen LogP) is 4.29. The van der Waals surface area contributed by atoms with E-state index in [-0.39, 0.29) is 10.6 Å². The first-order valence-corrected chi connectivity index (χ1v) is 6.64. The van der Waals surface area contributed by atoms with Gasteiger partial charge >= 0.3 is 0 Å². The quantitative estimate of drug-likeness (QED) is 0.425. The maximum atomic E-state index is 10.7. The SMILES string of the molecule is CCCCCCCNc1cc([N+](=O)[O-])ccc1C. The number of anilines is 1. The number of nitrogens with zero attached hydrogens (tertiary/aromatic N) is 1. The summed E-state index contributed by atoms with van der Waals surface area (Å²) in [5.74, 6) is 0. The molecule has 0 radical (unpaired) electrons. The molecule has 0 heterocycles. The van der Waals surface area contributed by atoms with Crippen molar-refractivity contribution in [1.82, 2.24) is 0 Å². The molecule has 0 aromatic heterocycles. The van der Waals surface area contributed by atoms with Crippen molar-refractivity contribution in [3.8, 4) is 0 Å². The van der Waals surface area contributed by atoms with Gasteiger partial charge in [0, 0.05) is 24.4 Å². The third kappa shape index (κ3) is 4.73. The summed E-state index contributed by atoms with van der Waals surface area (Å²) in [6, 6.07) is 4.95. The lowest BCUT2D eigenvalue weighted by Gasteiger charge is -2.09. The molecule has 4 heteroatoms. The van der Waals surface area contributed by atoms with Gasteiger partial charge in [0.25, 0.3) is 5.69 Å². The zero-order valence-corrected chi connectivity index (χ0v) is 11.2.